The molecule has 18 heavy (non-hydrogen) atoms. The molecule has 0 saturated carbocycles. The third-order valence-corrected chi connectivity index (χ3v) is 2.22. The molecule has 0 unspecified atom stereocenters. The number of para-hydroxylation sites is 1. The minimum absolute atomic E-state index is 0.231. The molecule has 0 aliphatic carbocycles. The van der Waals surface area contributed by atoms with E-state index in [1.54, 1.807) is 0 Å². The van der Waals surface area contributed by atoms with Crippen molar-refractivity contribution in [2.75, 3.05) is 4.90 Å². The highest BCUT2D eigenvalue weighted by molar-refractivity contribution is 5.94. The number of rotatable bonds is 4. The number of hydrogen-bond acceptors (Lipinski definition) is 6. The summed E-state index contributed by atoms with van der Waals surface area (Å²) in [5.74, 6) is -6.63. The molecule has 0 radical (unpaired) electrons. The Labute approximate surface area is 103 Å². The van der Waals surface area contributed by atoms with E-state index in [0.29, 0.717) is 4.90 Å². The number of aromatic carboxylic acids is 1. The van der Waals surface area contributed by atoms with Gasteiger partial charge in [-0.2, -0.15) is 0 Å². The Morgan fingerprint density at radius 3 is 1.89 bits per heavy atom. The summed E-state index contributed by atoms with van der Waals surface area (Å²) in [5.41, 5.74) is -0.522. The van der Waals surface area contributed by atoms with Gasteiger partial charge < -0.3 is 25.5 Å². The molecule has 0 aliphatic rings. The SMILES string of the molecule is CC(O)(O)N(c1ccccc1C(=O)O)C(C)(O)O. The molecule has 5 N–H and O–H groups in total. The third kappa shape index (κ3) is 2.96. The molecule has 100 valence electrons. The standard InChI is InChI=1S/C11H15NO6/c1-10(15,16)12(11(2,17)18)8-6-4-3-5-7(8)9(13)14/h3-6,15-18H,1-2H3,(H,13,14). The van der Waals surface area contributed by atoms with Gasteiger partial charge in [0.05, 0.1) is 11.3 Å². The van der Waals surface area contributed by atoms with Crippen LogP contribution in [0.1, 0.15) is 24.2 Å². The number of hydrogen-bond donors (Lipinski definition) is 5. The molecule has 1 rings (SSSR count). The van der Waals surface area contributed by atoms with Crippen LogP contribution < -0.4 is 4.90 Å². The second kappa shape index (κ2) is 4.54. The number of carbonyl (C=O) groups is 1. The van der Waals surface area contributed by atoms with Gasteiger partial charge in [0.15, 0.2) is 0 Å². The van der Waals surface area contributed by atoms with Crippen molar-refractivity contribution in [2.45, 2.75) is 25.7 Å². The van der Waals surface area contributed by atoms with Crippen LogP contribution >= 0.6 is 0 Å². The van der Waals surface area contributed by atoms with Gasteiger partial charge in [0, 0.05) is 13.8 Å². The van der Waals surface area contributed by atoms with Crippen molar-refractivity contribution in [3.63, 3.8) is 0 Å². The van der Waals surface area contributed by atoms with Crippen molar-refractivity contribution in [3.05, 3.63) is 29.8 Å². The number of nitrogens with zero attached hydrogens (tertiary/aromatic N) is 1. The van der Waals surface area contributed by atoms with Crippen LogP contribution in [0.2, 0.25) is 0 Å². The van der Waals surface area contributed by atoms with E-state index in [0.717, 1.165) is 13.8 Å². The van der Waals surface area contributed by atoms with Gasteiger partial charge in [0.1, 0.15) is 0 Å². The maximum atomic E-state index is 11.0. The molecule has 7 heteroatoms. The summed E-state index contributed by atoms with van der Waals surface area (Å²) >= 11 is 0. The third-order valence-electron chi connectivity index (χ3n) is 2.22. The number of benzene rings is 1. The Balaban J connectivity index is 3.45. The normalized spacial score (nSPS) is 12.3. The molecule has 0 amide bonds. The summed E-state index contributed by atoms with van der Waals surface area (Å²) in [6, 6.07) is 5.32. The molecule has 0 bridgehead atoms. The van der Waals surface area contributed by atoms with E-state index >= 15 is 0 Å². The Morgan fingerprint density at radius 2 is 1.50 bits per heavy atom. The van der Waals surface area contributed by atoms with Crippen LogP contribution in [0.4, 0.5) is 5.69 Å². The van der Waals surface area contributed by atoms with E-state index in [-0.39, 0.29) is 11.3 Å². The van der Waals surface area contributed by atoms with Crippen LogP contribution in [0.3, 0.4) is 0 Å². The molecular weight excluding hydrogens is 242 g/mol. The molecule has 7 nitrogen and oxygen atoms in total. The fourth-order valence-corrected chi connectivity index (χ4v) is 1.71. The van der Waals surface area contributed by atoms with Crippen molar-refractivity contribution in [2.24, 2.45) is 0 Å². The Kier molecular flexibility index (Phi) is 3.63. The highest BCUT2D eigenvalue weighted by Crippen LogP contribution is 2.30. The van der Waals surface area contributed by atoms with Crippen LogP contribution in [-0.2, 0) is 0 Å². The topological polar surface area (TPSA) is 121 Å². The van der Waals surface area contributed by atoms with E-state index in [4.69, 9.17) is 5.11 Å². The molecule has 0 fully saturated rings. The lowest BCUT2D eigenvalue weighted by Gasteiger charge is -2.41. The van der Waals surface area contributed by atoms with E-state index in [9.17, 15) is 25.2 Å². The second-order valence-electron chi connectivity index (χ2n) is 4.10. The lowest BCUT2D eigenvalue weighted by atomic mass is 10.1. The molecule has 0 heterocycles. The zero-order valence-electron chi connectivity index (χ0n) is 9.90. The predicted octanol–water partition coefficient (Wildman–Crippen LogP) is -0.492. The van der Waals surface area contributed by atoms with Crippen molar-refractivity contribution in [3.8, 4) is 0 Å². The maximum Gasteiger partial charge on any atom is 0.337 e. The number of anilines is 1. The largest absolute Gasteiger partial charge is 0.478 e. The Hall–Kier alpha value is -1.67. The molecule has 0 spiro atoms. The van der Waals surface area contributed by atoms with Crippen molar-refractivity contribution in [1.29, 1.82) is 0 Å². The summed E-state index contributed by atoms with van der Waals surface area (Å²) in [5, 5.41) is 47.2. The number of aliphatic hydroxyl groups is 4. The molecule has 0 aliphatic heterocycles. The van der Waals surface area contributed by atoms with Crippen molar-refractivity contribution >= 4 is 11.7 Å². The number of carboxylic acid groups (broad SMARTS) is 1. The Morgan fingerprint density at radius 1 is 1.06 bits per heavy atom. The molecule has 1 aromatic rings. The zero-order chi connectivity index (χ0) is 14.1. The fraction of sp³-hybridized carbons (Fsp3) is 0.364. The predicted molar refractivity (Wildman–Crippen MR) is 61.6 cm³/mol. The summed E-state index contributed by atoms with van der Waals surface area (Å²) in [6.07, 6.45) is 0. The van der Waals surface area contributed by atoms with E-state index < -0.39 is 17.8 Å². The van der Waals surface area contributed by atoms with Crippen LogP contribution in [-0.4, -0.2) is 43.3 Å². The first-order valence-corrected chi connectivity index (χ1v) is 5.07. The lowest BCUT2D eigenvalue weighted by molar-refractivity contribution is -0.234. The zero-order valence-corrected chi connectivity index (χ0v) is 9.90. The van der Waals surface area contributed by atoms with E-state index in [1.165, 1.54) is 24.3 Å². The van der Waals surface area contributed by atoms with Gasteiger partial charge in [-0.05, 0) is 12.1 Å². The minimum atomic E-state index is -2.65. The van der Waals surface area contributed by atoms with Gasteiger partial charge in [-0.1, -0.05) is 12.1 Å². The quantitative estimate of drug-likeness (QED) is 0.461. The fourth-order valence-electron chi connectivity index (χ4n) is 1.71. The number of carboxylic acids is 1. The minimum Gasteiger partial charge on any atom is -0.478 e. The molecule has 1 aromatic carbocycles. The van der Waals surface area contributed by atoms with Crippen molar-refractivity contribution in [1.82, 2.24) is 0 Å². The Bertz CT molecular complexity index is 432. The smallest absolute Gasteiger partial charge is 0.337 e. The highest BCUT2D eigenvalue weighted by Gasteiger charge is 2.40. The van der Waals surface area contributed by atoms with Crippen LogP contribution in [0.25, 0.3) is 0 Å². The molecule has 0 aromatic heterocycles. The molecule has 0 saturated heterocycles. The van der Waals surface area contributed by atoms with Crippen molar-refractivity contribution < 1.29 is 30.3 Å². The summed E-state index contributed by atoms with van der Waals surface area (Å²) in [4.78, 5) is 11.4. The highest BCUT2D eigenvalue weighted by atomic mass is 16.6. The second-order valence-corrected chi connectivity index (χ2v) is 4.10. The van der Waals surface area contributed by atoms with E-state index in [1.807, 2.05) is 0 Å². The first-order valence-electron chi connectivity index (χ1n) is 5.07. The van der Waals surface area contributed by atoms with Crippen LogP contribution in [0.5, 0.6) is 0 Å². The average Bonchev–Trinajstić information content (AvgIpc) is 2.13. The maximum absolute atomic E-state index is 11.0. The van der Waals surface area contributed by atoms with Crippen LogP contribution in [0.15, 0.2) is 24.3 Å². The van der Waals surface area contributed by atoms with Crippen LogP contribution in [0, 0.1) is 0 Å². The first-order chi connectivity index (χ1) is 8.05. The van der Waals surface area contributed by atoms with Gasteiger partial charge in [-0.3, -0.25) is 4.90 Å². The summed E-state index contributed by atoms with van der Waals surface area (Å²) in [7, 11) is 0. The van der Waals surface area contributed by atoms with Gasteiger partial charge >= 0.3 is 5.97 Å². The first kappa shape index (κ1) is 14.4. The summed E-state index contributed by atoms with van der Waals surface area (Å²) < 4.78 is 0. The molecular formula is C11H15NO6. The van der Waals surface area contributed by atoms with Gasteiger partial charge in [-0.15, -0.1) is 0 Å². The lowest BCUT2D eigenvalue weighted by Crippen LogP contribution is -2.59. The van der Waals surface area contributed by atoms with Gasteiger partial charge in [-0.25, -0.2) is 4.79 Å². The van der Waals surface area contributed by atoms with Gasteiger partial charge in [0.25, 0.3) is 0 Å². The average molecular weight is 257 g/mol. The van der Waals surface area contributed by atoms with Gasteiger partial charge in [0.2, 0.25) is 11.8 Å². The summed E-state index contributed by atoms with van der Waals surface area (Å²) in [6.45, 7) is 1.77. The monoisotopic (exact) mass is 257 g/mol. The molecule has 0 atom stereocenters. The van der Waals surface area contributed by atoms with E-state index in [2.05, 4.69) is 0 Å².